The molecule has 0 saturated heterocycles. The fourth-order valence-corrected chi connectivity index (χ4v) is 2.42. The number of hydrogen-bond acceptors (Lipinski definition) is 5. The Labute approximate surface area is 164 Å². The van der Waals surface area contributed by atoms with Gasteiger partial charge in [-0.3, -0.25) is 9.59 Å². The van der Waals surface area contributed by atoms with Crippen LogP contribution in [0.15, 0.2) is 30.3 Å². The zero-order valence-corrected chi connectivity index (χ0v) is 16.6. The van der Waals surface area contributed by atoms with Gasteiger partial charge in [-0.15, -0.1) is 0 Å². The van der Waals surface area contributed by atoms with Crippen molar-refractivity contribution in [2.45, 2.75) is 64.9 Å². The zero-order valence-electron chi connectivity index (χ0n) is 16.6. The predicted octanol–water partition coefficient (Wildman–Crippen LogP) is 2.24. The number of hydrogen-bond donors (Lipinski definition) is 1. The van der Waals surface area contributed by atoms with Crippen molar-refractivity contribution in [2.24, 2.45) is 0 Å². The summed E-state index contributed by atoms with van der Waals surface area (Å²) in [6, 6.07) is 7.89. The second-order valence-corrected chi connectivity index (χ2v) is 6.77. The molecule has 0 radical (unpaired) electrons. The Bertz CT molecular complexity index is 712. The number of ketones is 1. The van der Waals surface area contributed by atoms with E-state index in [1.807, 2.05) is 6.07 Å². The SMILES string of the molecule is CC(C)OC(=O)[C@H](CCC(=O)C=[N+]=[N-])NC(=O)[C@@H](OC(C)C)c1ccccc1. The molecule has 0 aliphatic carbocycles. The molecule has 28 heavy (non-hydrogen) atoms. The highest BCUT2D eigenvalue weighted by Crippen LogP contribution is 2.20. The highest BCUT2D eigenvalue weighted by Gasteiger charge is 2.29. The van der Waals surface area contributed by atoms with E-state index >= 15 is 0 Å². The maximum atomic E-state index is 12.9. The fraction of sp³-hybridized carbons (Fsp3) is 0.500. The van der Waals surface area contributed by atoms with Gasteiger partial charge < -0.3 is 20.3 Å². The van der Waals surface area contributed by atoms with Crippen LogP contribution in [0.3, 0.4) is 0 Å². The average molecular weight is 389 g/mol. The van der Waals surface area contributed by atoms with Crippen LogP contribution < -0.4 is 5.32 Å². The lowest BCUT2D eigenvalue weighted by atomic mass is 10.1. The molecule has 1 aromatic carbocycles. The van der Waals surface area contributed by atoms with Crippen molar-refractivity contribution in [3.05, 3.63) is 41.4 Å². The monoisotopic (exact) mass is 389 g/mol. The van der Waals surface area contributed by atoms with E-state index in [-0.39, 0.29) is 25.0 Å². The highest BCUT2D eigenvalue weighted by molar-refractivity contribution is 6.25. The Morgan fingerprint density at radius 1 is 1.11 bits per heavy atom. The molecule has 0 unspecified atom stereocenters. The molecule has 8 nitrogen and oxygen atoms in total. The molecular formula is C20H27N3O5. The first-order valence-electron chi connectivity index (χ1n) is 9.16. The standard InChI is InChI=1S/C20H27N3O5/c1-13(2)27-18(15-8-6-5-7-9-15)19(25)23-17(20(26)28-14(3)4)11-10-16(24)12-22-21/h5-9,12-14,17-18H,10-11H2,1-4H3,(H,23,25)/t17-,18-/m0/s1. The third-order valence-corrected chi connectivity index (χ3v) is 3.58. The van der Waals surface area contributed by atoms with Crippen molar-refractivity contribution in [3.63, 3.8) is 0 Å². The lowest BCUT2D eigenvalue weighted by Gasteiger charge is -2.24. The number of carbonyl (C=O) groups is 3. The molecule has 0 aliphatic rings. The number of rotatable bonds is 11. The van der Waals surface area contributed by atoms with E-state index in [0.717, 1.165) is 6.21 Å². The van der Waals surface area contributed by atoms with Crippen molar-refractivity contribution < 1.29 is 28.6 Å². The van der Waals surface area contributed by atoms with Crippen molar-refractivity contribution in [2.75, 3.05) is 0 Å². The molecule has 0 fully saturated rings. The molecular weight excluding hydrogens is 362 g/mol. The van der Waals surface area contributed by atoms with Crippen LogP contribution in [0.4, 0.5) is 0 Å². The fourth-order valence-electron chi connectivity index (χ4n) is 2.42. The zero-order chi connectivity index (χ0) is 21.1. The molecule has 0 heterocycles. The summed E-state index contributed by atoms with van der Waals surface area (Å²) in [5.74, 6) is -1.63. The Kier molecular flexibility index (Phi) is 9.78. The van der Waals surface area contributed by atoms with E-state index in [1.165, 1.54) is 0 Å². The van der Waals surface area contributed by atoms with E-state index in [9.17, 15) is 14.4 Å². The molecule has 1 rings (SSSR count). The van der Waals surface area contributed by atoms with Crippen LogP contribution in [0.1, 0.15) is 52.2 Å². The number of nitrogens with zero attached hydrogens (tertiary/aromatic N) is 2. The van der Waals surface area contributed by atoms with Crippen LogP contribution in [0.25, 0.3) is 5.53 Å². The normalized spacial score (nSPS) is 12.8. The summed E-state index contributed by atoms with van der Waals surface area (Å²) in [7, 11) is 0. The van der Waals surface area contributed by atoms with Gasteiger partial charge in [-0.2, -0.15) is 4.79 Å². The minimum Gasteiger partial charge on any atom is -0.461 e. The highest BCUT2D eigenvalue weighted by atomic mass is 16.5. The molecule has 8 heteroatoms. The van der Waals surface area contributed by atoms with E-state index in [0.29, 0.717) is 5.56 Å². The maximum Gasteiger partial charge on any atom is 0.328 e. The molecule has 1 amide bonds. The molecule has 2 atom stereocenters. The number of Topliss-reactive ketones (excluding diaryl/α,β-unsaturated/α-hetero) is 1. The number of ether oxygens (including phenoxy) is 2. The van der Waals surface area contributed by atoms with E-state index < -0.39 is 29.8 Å². The number of amides is 1. The molecule has 0 spiro atoms. The number of carbonyl (C=O) groups excluding carboxylic acids is 3. The van der Waals surface area contributed by atoms with Gasteiger partial charge in [0.15, 0.2) is 6.10 Å². The summed E-state index contributed by atoms with van der Waals surface area (Å²) in [6.07, 6.45) is -0.848. The van der Waals surface area contributed by atoms with Gasteiger partial charge in [-0.05, 0) is 39.7 Å². The van der Waals surface area contributed by atoms with Gasteiger partial charge in [0.05, 0.1) is 12.2 Å². The third-order valence-electron chi connectivity index (χ3n) is 3.58. The molecule has 0 saturated carbocycles. The van der Waals surface area contributed by atoms with Crippen LogP contribution in [0.2, 0.25) is 0 Å². The number of benzene rings is 1. The van der Waals surface area contributed by atoms with Gasteiger partial charge in [0.2, 0.25) is 5.78 Å². The summed E-state index contributed by atoms with van der Waals surface area (Å²) < 4.78 is 10.9. The smallest absolute Gasteiger partial charge is 0.328 e. The topological polar surface area (TPSA) is 118 Å². The molecule has 1 aromatic rings. The van der Waals surface area contributed by atoms with Gasteiger partial charge in [0.1, 0.15) is 6.04 Å². The van der Waals surface area contributed by atoms with Gasteiger partial charge in [0, 0.05) is 6.42 Å². The van der Waals surface area contributed by atoms with Gasteiger partial charge >= 0.3 is 12.2 Å². The Morgan fingerprint density at radius 2 is 1.75 bits per heavy atom. The van der Waals surface area contributed by atoms with Crippen LogP contribution >= 0.6 is 0 Å². The van der Waals surface area contributed by atoms with Crippen molar-refractivity contribution in [3.8, 4) is 0 Å². The predicted molar refractivity (Wildman–Crippen MR) is 102 cm³/mol. The number of esters is 1. The van der Waals surface area contributed by atoms with Gasteiger partial charge in [-0.25, -0.2) is 4.79 Å². The lowest BCUT2D eigenvalue weighted by Crippen LogP contribution is -2.45. The second-order valence-electron chi connectivity index (χ2n) is 6.77. The van der Waals surface area contributed by atoms with Crippen molar-refractivity contribution in [1.82, 2.24) is 5.32 Å². The lowest BCUT2D eigenvalue weighted by molar-refractivity contribution is -0.153. The first-order chi connectivity index (χ1) is 13.2. The summed E-state index contributed by atoms with van der Waals surface area (Å²) in [5.41, 5.74) is 9.08. The van der Waals surface area contributed by atoms with Crippen LogP contribution in [0, 0.1) is 0 Å². The molecule has 0 bridgehead atoms. The molecule has 0 aliphatic heterocycles. The van der Waals surface area contributed by atoms with Crippen molar-refractivity contribution in [1.29, 1.82) is 0 Å². The Balaban J connectivity index is 2.98. The molecule has 152 valence electrons. The van der Waals surface area contributed by atoms with Crippen molar-refractivity contribution >= 4 is 23.9 Å². The second kappa shape index (κ2) is 11.8. The largest absolute Gasteiger partial charge is 0.461 e. The van der Waals surface area contributed by atoms with E-state index in [2.05, 4.69) is 10.1 Å². The first-order valence-corrected chi connectivity index (χ1v) is 9.16. The summed E-state index contributed by atoms with van der Waals surface area (Å²) in [4.78, 5) is 39.5. The van der Waals surface area contributed by atoms with Crippen LogP contribution in [-0.2, 0) is 23.9 Å². The minimum absolute atomic E-state index is 0.00529. The van der Waals surface area contributed by atoms with Crippen LogP contribution in [0.5, 0.6) is 0 Å². The summed E-state index contributed by atoms with van der Waals surface area (Å²) in [6.45, 7) is 6.99. The average Bonchev–Trinajstić information content (AvgIpc) is 2.63. The summed E-state index contributed by atoms with van der Waals surface area (Å²) in [5, 5.41) is 2.63. The van der Waals surface area contributed by atoms with E-state index in [4.69, 9.17) is 15.0 Å². The van der Waals surface area contributed by atoms with Gasteiger partial charge in [-0.1, -0.05) is 30.3 Å². The quantitative estimate of drug-likeness (QED) is 0.269. The van der Waals surface area contributed by atoms with Crippen LogP contribution in [-0.4, -0.2) is 46.9 Å². The Morgan fingerprint density at radius 3 is 2.29 bits per heavy atom. The van der Waals surface area contributed by atoms with E-state index in [1.54, 1.807) is 52.0 Å². The molecule has 0 aromatic heterocycles. The number of nitrogens with one attached hydrogen (secondary N) is 1. The first kappa shape index (κ1) is 23.2. The van der Waals surface area contributed by atoms with Gasteiger partial charge in [0.25, 0.3) is 5.91 Å². The maximum absolute atomic E-state index is 12.9. The minimum atomic E-state index is -1.03. The third kappa shape index (κ3) is 8.24. The Hall–Kier alpha value is -2.83. The summed E-state index contributed by atoms with van der Waals surface area (Å²) >= 11 is 0. The molecule has 1 N–H and O–H groups in total.